The van der Waals surface area contributed by atoms with Gasteiger partial charge in [-0.3, -0.25) is 4.98 Å². The lowest BCUT2D eigenvalue weighted by molar-refractivity contribution is 0.250. The third-order valence-corrected chi connectivity index (χ3v) is 5.61. The Labute approximate surface area is 156 Å². The number of halogens is 1. The number of anilines is 2. The zero-order valence-electron chi connectivity index (χ0n) is 14.6. The van der Waals surface area contributed by atoms with Crippen molar-refractivity contribution in [2.75, 3.05) is 23.3 Å². The van der Waals surface area contributed by atoms with Crippen LogP contribution in [0.5, 0.6) is 0 Å². The molecule has 0 radical (unpaired) electrons. The highest BCUT2D eigenvalue weighted by Gasteiger charge is 2.56. The zero-order valence-corrected chi connectivity index (χ0v) is 14.6. The minimum atomic E-state index is -0.219. The van der Waals surface area contributed by atoms with Gasteiger partial charge in [-0.25, -0.2) is 9.18 Å². The van der Waals surface area contributed by atoms with Crippen molar-refractivity contribution in [1.29, 1.82) is 0 Å². The van der Waals surface area contributed by atoms with Crippen LogP contribution in [0, 0.1) is 17.7 Å². The summed E-state index contributed by atoms with van der Waals surface area (Å²) in [6.07, 6.45) is 3.51. The maximum Gasteiger partial charge on any atom is 0.319 e. The van der Waals surface area contributed by atoms with Gasteiger partial charge in [-0.1, -0.05) is 12.1 Å². The molecule has 1 aliphatic carbocycles. The van der Waals surface area contributed by atoms with Crippen LogP contribution in [0.4, 0.5) is 20.6 Å². The highest BCUT2D eigenvalue weighted by molar-refractivity contribution is 6.01. The molecular formula is C21H19FN4O. The number of rotatable bonds is 3. The summed E-state index contributed by atoms with van der Waals surface area (Å²) in [5.74, 6) is 0.693. The van der Waals surface area contributed by atoms with Gasteiger partial charge in [-0.15, -0.1) is 0 Å². The lowest BCUT2D eigenvalue weighted by atomic mass is 10.1. The van der Waals surface area contributed by atoms with Crippen LogP contribution in [-0.4, -0.2) is 30.1 Å². The molecule has 136 valence electrons. The van der Waals surface area contributed by atoms with Crippen molar-refractivity contribution in [2.45, 2.75) is 6.04 Å². The van der Waals surface area contributed by atoms with Gasteiger partial charge in [0.1, 0.15) is 5.82 Å². The van der Waals surface area contributed by atoms with E-state index in [-0.39, 0.29) is 17.9 Å². The number of urea groups is 1. The van der Waals surface area contributed by atoms with Crippen molar-refractivity contribution >= 4 is 28.2 Å². The van der Waals surface area contributed by atoms with Gasteiger partial charge in [0.2, 0.25) is 0 Å². The van der Waals surface area contributed by atoms with Crippen molar-refractivity contribution in [1.82, 2.24) is 10.3 Å². The number of aromatic nitrogens is 1. The third-order valence-electron chi connectivity index (χ3n) is 5.61. The Morgan fingerprint density at radius 1 is 1.07 bits per heavy atom. The molecule has 6 heteroatoms. The van der Waals surface area contributed by atoms with Crippen molar-refractivity contribution < 1.29 is 9.18 Å². The van der Waals surface area contributed by atoms with E-state index in [4.69, 9.17) is 0 Å². The molecule has 1 aliphatic heterocycles. The SMILES string of the molecule is O=C(Nc1cccc2cnccc12)NC1C2CN(c3ccc(F)cc3)C[C@@H]21. The van der Waals surface area contributed by atoms with E-state index in [2.05, 4.69) is 20.5 Å². The van der Waals surface area contributed by atoms with Gasteiger partial charge in [-0.05, 0) is 36.4 Å². The molecule has 3 atom stereocenters. The fourth-order valence-electron chi connectivity index (χ4n) is 4.14. The molecule has 0 spiro atoms. The normalized spacial score (nSPS) is 23.1. The minimum Gasteiger partial charge on any atom is -0.371 e. The molecule has 2 unspecified atom stereocenters. The number of carbonyl (C=O) groups excluding carboxylic acids is 1. The largest absolute Gasteiger partial charge is 0.371 e. The molecule has 27 heavy (non-hydrogen) atoms. The van der Waals surface area contributed by atoms with Crippen molar-refractivity contribution in [3.8, 4) is 0 Å². The summed E-state index contributed by atoms with van der Waals surface area (Å²) in [5, 5.41) is 8.03. The first-order chi connectivity index (χ1) is 13.2. The topological polar surface area (TPSA) is 57.3 Å². The molecule has 1 saturated heterocycles. The van der Waals surface area contributed by atoms with Gasteiger partial charge in [0, 0.05) is 59.8 Å². The number of pyridine rings is 1. The Balaban J connectivity index is 1.20. The Morgan fingerprint density at radius 2 is 1.85 bits per heavy atom. The van der Waals surface area contributed by atoms with Crippen LogP contribution in [0.3, 0.4) is 0 Å². The van der Waals surface area contributed by atoms with E-state index in [1.165, 1.54) is 12.1 Å². The second-order valence-corrected chi connectivity index (χ2v) is 7.24. The Kier molecular flexibility index (Phi) is 3.70. The van der Waals surface area contributed by atoms with E-state index in [0.717, 1.165) is 35.2 Å². The number of fused-ring (bicyclic) bond motifs is 2. The molecule has 2 N–H and O–H groups in total. The molecule has 2 amide bonds. The quantitative estimate of drug-likeness (QED) is 0.748. The predicted molar refractivity (Wildman–Crippen MR) is 103 cm³/mol. The van der Waals surface area contributed by atoms with Crippen LogP contribution in [-0.2, 0) is 0 Å². The highest BCUT2D eigenvalue weighted by atomic mass is 19.1. The molecule has 2 heterocycles. The average molecular weight is 362 g/mol. The molecule has 3 aromatic rings. The summed E-state index contributed by atoms with van der Waals surface area (Å²) in [6.45, 7) is 1.78. The number of hydrogen-bond donors (Lipinski definition) is 2. The second-order valence-electron chi connectivity index (χ2n) is 7.24. The molecule has 5 nitrogen and oxygen atoms in total. The standard InChI is InChI=1S/C21H19FN4O/c22-14-4-6-15(7-5-14)26-11-17-18(12-26)20(17)25-21(27)24-19-3-1-2-13-10-23-9-8-16(13)19/h1-10,17-18,20H,11-12H2,(H2,24,25,27)/t17-,18?,20?/m0/s1. The molecule has 2 aliphatic rings. The van der Waals surface area contributed by atoms with E-state index in [9.17, 15) is 9.18 Å². The first-order valence-electron chi connectivity index (χ1n) is 9.10. The summed E-state index contributed by atoms with van der Waals surface area (Å²) in [4.78, 5) is 18.8. The fraction of sp³-hybridized carbons (Fsp3) is 0.238. The van der Waals surface area contributed by atoms with Crippen LogP contribution in [0.25, 0.3) is 10.8 Å². The summed E-state index contributed by atoms with van der Waals surface area (Å²) >= 11 is 0. The van der Waals surface area contributed by atoms with Crippen LogP contribution >= 0.6 is 0 Å². The van der Waals surface area contributed by atoms with Crippen molar-refractivity contribution in [3.63, 3.8) is 0 Å². The monoisotopic (exact) mass is 362 g/mol. The maximum absolute atomic E-state index is 13.1. The van der Waals surface area contributed by atoms with Gasteiger partial charge < -0.3 is 15.5 Å². The van der Waals surface area contributed by atoms with Gasteiger partial charge in [-0.2, -0.15) is 0 Å². The first kappa shape index (κ1) is 16.1. The van der Waals surface area contributed by atoms with E-state index in [1.54, 1.807) is 12.4 Å². The molecule has 0 bridgehead atoms. The smallest absolute Gasteiger partial charge is 0.319 e. The fourth-order valence-corrected chi connectivity index (χ4v) is 4.14. The zero-order chi connectivity index (χ0) is 18.4. The Bertz CT molecular complexity index is 989. The van der Waals surface area contributed by atoms with Gasteiger partial charge in [0.15, 0.2) is 0 Å². The van der Waals surface area contributed by atoms with Crippen LogP contribution in [0.15, 0.2) is 60.9 Å². The van der Waals surface area contributed by atoms with Gasteiger partial charge in [0.25, 0.3) is 0 Å². The predicted octanol–water partition coefficient (Wildman–Crippen LogP) is 3.63. The molecule has 1 saturated carbocycles. The van der Waals surface area contributed by atoms with E-state index < -0.39 is 0 Å². The number of piperidine rings is 1. The summed E-state index contributed by atoms with van der Waals surface area (Å²) in [6, 6.07) is 14.3. The van der Waals surface area contributed by atoms with E-state index >= 15 is 0 Å². The molecular weight excluding hydrogens is 343 g/mol. The summed E-state index contributed by atoms with van der Waals surface area (Å²) < 4.78 is 13.1. The van der Waals surface area contributed by atoms with E-state index in [0.29, 0.717) is 11.8 Å². The Hall–Kier alpha value is -3.15. The van der Waals surface area contributed by atoms with E-state index in [1.807, 2.05) is 36.4 Å². The molecule has 1 aromatic heterocycles. The lowest BCUT2D eigenvalue weighted by Gasteiger charge is -2.22. The number of nitrogens with zero attached hydrogens (tertiary/aromatic N) is 2. The van der Waals surface area contributed by atoms with Crippen LogP contribution < -0.4 is 15.5 Å². The average Bonchev–Trinajstić information content (AvgIpc) is 3.11. The van der Waals surface area contributed by atoms with Crippen molar-refractivity contribution in [2.24, 2.45) is 11.8 Å². The number of hydrogen-bond acceptors (Lipinski definition) is 3. The molecule has 5 rings (SSSR count). The maximum atomic E-state index is 13.1. The number of nitrogens with one attached hydrogen (secondary N) is 2. The molecule has 2 aromatic carbocycles. The van der Waals surface area contributed by atoms with Gasteiger partial charge >= 0.3 is 6.03 Å². The van der Waals surface area contributed by atoms with Crippen LogP contribution in [0.2, 0.25) is 0 Å². The number of carbonyl (C=O) groups is 1. The number of amides is 2. The van der Waals surface area contributed by atoms with Gasteiger partial charge in [0.05, 0.1) is 5.69 Å². The number of benzene rings is 2. The van der Waals surface area contributed by atoms with Crippen molar-refractivity contribution in [3.05, 3.63) is 66.7 Å². The third kappa shape index (κ3) is 2.97. The summed E-state index contributed by atoms with van der Waals surface area (Å²) in [5.41, 5.74) is 1.82. The Morgan fingerprint density at radius 3 is 2.63 bits per heavy atom. The second kappa shape index (κ2) is 6.23. The van der Waals surface area contributed by atoms with Crippen LogP contribution in [0.1, 0.15) is 0 Å². The first-order valence-corrected chi connectivity index (χ1v) is 9.10. The lowest BCUT2D eigenvalue weighted by Crippen LogP contribution is -2.37. The minimum absolute atomic E-state index is 0.174. The summed E-state index contributed by atoms with van der Waals surface area (Å²) in [7, 11) is 0. The highest BCUT2D eigenvalue weighted by Crippen LogP contribution is 2.46. The molecule has 2 fully saturated rings.